The van der Waals surface area contributed by atoms with Crippen LogP contribution in [0.2, 0.25) is 0 Å². The lowest BCUT2D eigenvalue weighted by atomic mass is 10.0. The van der Waals surface area contributed by atoms with Crippen molar-refractivity contribution in [2.75, 3.05) is 38.5 Å². The van der Waals surface area contributed by atoms with Gasteiger partial charge >= 0.3 is 0 Å². The van der Waals surface area contributed by atoms with E-state index in [1.807, 2.05) is 30.3 Å². The molecule has 222 valence electrons. The average Bonchev–Trinajstić information content (AvgIpc) is 3.59. The molecule has 2 aromatic heterocycles. The van der Waals surface area contributed by atoms with Gasteiger partial charge in [0.2, 0.25) is 11.8 Å². The van der Waals surface area contributed by atoms with Crippen LogP contribution in [0.5, 0.6) is 0 Å². The molecule has 43 heavy (non-hydrogen) atoms. The molecule has 0 radical (unpaired) electrons. The van der Waals surface area contributed by atoms with Crippen molar-refractivity contribution in [3.63, 3.8) is 0 Å². The number of anilines is 1. The van der Waals surface area contributed by atoms with Crippen LogP contribution < -0.4 is 16.9 Å². The number of benzene rings is 2. The first kappa shape index (κ1) is 28.2. The number of nitrogens with two attached hydrogens (primary N) is 2. The van der Waals surface area contributed by atoms with Crippen molar-refractivity contribution in [3.05, 3.63) is 78.1 Å². The van der Waals surface area contributed by atoms with Gasteiger partial charge in [0.05, 0.1) is 12.0 Å². The number of pyridine rings is 1. The second kappa shape index (κ2) is 11.8. The zero-order valence-corrected chi connectivity index (χ0v) is 23.6. The van der Waals surface area contributed by atoms with Gasteiger partial charge in [-0.2, -0.15) is 0 Å². The van der Waals surface area contributed by atoms with Crippen molar-refractivity contribution in [2.24, 2.45) is 22.6 Å². The molecule has 6 rings (SSSR count). The number of amides is 2. The number of carbonyl (C=O) groups is 2. The number of nitrogens with zero attached hydrogens (tertiary/aromatic N) is 6. The molecule has 2 aromatic carbocycles. The van der Waals surface area contributed by atoms with Gasteiger partial charge in [-0.3, -0.25) is 19.5 Å². The van der Waals surface area contributed by atoms with Crippen molar-refractivity contribution in [1.82, 2.24) is 24.9 Å². The molecule has 1 aliphatic carbocycles. The van der Waals surface area contributed by atoms with Crippen molar-refractivity contribution < 1.29 is 18.4 Å². The number of oxazole rings is 1. The van der Waals surface area contributed by atoms with Crippen LogP contribution in [0, 0.1) is 5.92 Å². The van der Waals surface area contributed by atoms with Crippen LogP contribution in [0.3, 0.4) is 0 Å². The summed E-state index contributed by atoms with van der Waals surface area (Å²) >= 11 is 0. The highest BCUT2D eigenvalue weighted by Crippen LogP contribution is 2.35. The predicted molar refractivity (Wildman–Crippen MR) is 159 cm³/mol. The zero-order chi connectivity index (χ0) is 30.1. The number of hydrogen-bond donors (Lipinski definition) is 3. The third kappa shape index (κ3) is 6.17. The van der Waals surface area contributed by atoms with Gasteiger partial charge in [0, 0.05) is 50.7 Å². The molecule has 1 saturated heterocycles. The number of hydrazone groups is 1. The second-order valence-corrected chi connectivity index (χ2v) is 10.7. The van der Waals surface area contributed by atoms with Crippen LogP contribution in [-0.4, -0.2) is 81.9 Å². The fourth-order valence-electron chi connectivity index (χ4n) is 5.27. The maximum absolute atomic E-state index is 13.5. The van der Waals surface area contributed by atoms with Gasteiger partial charge in [-0.15, -0.1) is 5.10 Å². The number of alkyl halides is 1. The molecule has 3 unspecified atom stereocenters. The Labute approximate surface area is 247 Å². The first-order chi connectivity index (χ1) is 20.8. The molecule has 12 nitrogen and oxygen atoms in total. The zero-order valence-electron chi connectivity index (χ0n) is 23.6. The summed E-state index contributed by atoms with van der Waals surface area (Å²) < 4.78 is 19.1. The normalized spacial score (nSPS) is 19.7. The van der Waals surface area contributed by atoms with Crippen molar-refractivity contribution >= 4 is 34.4 Å². The number of hydrogen-bond acceptors (Lipinski definition) is 9. The van der Waals surface area contributed by atoms with Crippen LogP contribution in [-0.2, 0) is 4.79 Å². The number of aromatic nitrogens is 2. The summed E-state index contributed by atoms with van der Waals surface area (Å²) in [6.07, 6.45) is 0.734. The van der Waals surface area contributed by atoms with E-state index < -0.39 is 12.1 Å². The number of piperazine rings is 1. The van der Waals surface area contributed by atoms with E-state index >= 15 is 0 Å². The van der Waals surface area contributed by atoms with E-state index in [0.717, 1.165) is 5.56 Å². The van der Waals surface area contributed by atoms with E-state index in [2.05, 4.69) is 25.3 Å². The Morgan fingerprint density at radius 2 is 1.86 bits per heavy atom. The highest BCUT2D eigenvalue weighted by molar-refractivity contribution is 5.96. The van der Waals surface area contributed by atoms with E-state index in [-0.39, 0.29) is 30.0 Å². The summed E-state index contributed by atoms with van der Waals surface area (Å²) in [5, 5.41) is 8.15. The Hall–Kier alpha value is -4.88. The summed E-state index contributed by atoms with van der Waals surface area (Å²) in [6.45, 7) is 2.10. The lowest BCUT2D eigenvalue weighted by Gasteiger charge is -2.39. The highest BCUT2D eigenvalue weighted by Gasteiger charge is 2.43. The fraction of sp³-hybridized carbons (Fsp3) is 0.300. The van der Waals surface area contributed by atoms with Crippen molar-refractivity contribution in [1.29, 1.82) is 0 Å². The smallest absolute Gasteiger partial charge is 0.272 e. The van der Waals surface area contributed by atoms with Crippen LogP contribution >= 0.6 is 0 Å². The van der Waals surface area contributed by atoms with E-state index in [0.29, 0.717) is 60.3 Å². The SMILES string of the molecule is CN(N)/N=C(\N)C(c1ccccc1)N1CCN(C(=O)c2cc(-c3nc4cc(NC(=O)C5CC5F)ccc4o3)ccn2)CC1. The molecule has 0 bridgehead atoms. The lowest BCUT2D eigenvalue weighted by Crippen LogP contribution is -2.52. The molecule has 13 heteroatoms. The summed E-state index contributed by atoms with van der Waals surface area (Å²) in [6, 6.07) is 18.0. The van der Waals surface area contributed by atoms with Gasteiger partial charge in [0.25, 0.3) is 5.91 Å². The maximum Gasteiger partial charge on any atom is 0.272 e. The second-order valence-electron chi connectivity index (χ2n) is 10.7. The Kier molecular flexibility index (Phi) is 7.74. The Balaban J connectivity index is 1.14. The van der Waals surface area contributed by atoms with Gasteiger partial charge in [-0.25, -0.2) is 20.3 Å². The molecular formula is C30H32FN9O3. The number of nitrogens with one attached hydrogen (secondary N) is 1. The Morgan fingerprint density at radius 3 is 2.56 bits per heavy atom. The molecule has 1 aliphatic heterocycles. The third-order valence-corrected chi connectivity index (χ3v) is 7.57. The summed E-state index contributed by atoms with van der Waals surface area (Å²) in [5.74, 6) is 5.28. The monoisotopic (exact) mass is 585 g/mol. The highest BCUT2D eigenvalue weighted by atomic mass is 19.1. The molecule has 2 fully saturated rings. The van der Waals surface area contributed by atoms with E-state index in [4.69, 9.17) is 16.0 Å². The van der Waals surface area contributed by atoms with E-state index in [1.165, 1.54) is 5.12 Å². The van der Waals surface area contributed by atoms with E-state index in [1.54, 1.807) is 48.5 Å². The molecule has 0 spiro atoms. The minimum absolute atomic E-state index is 0.201. The van der Waals surface area contributed by atoms with Crippen molar-refractivity contribution in [2.45, 2.75) is 18.6 Å². The Bertz CT molecular complexity index is 1670. The molecule has 2 amide bonds. The topological polar surface area (TPSA) is 159 Å². The average molecular weight is 586 g/mol. The number of rotatable bonds is 8. The van der Waals surface area contributed by atoms with Gasteiger partial charge < -0.3 is 20.4 Å². The Morgan fingerprint density at radius 1 is 1.12 bits per heavy atom. The molecule has 2 aliphatic rings. The molecule has 5 N–H and O–H groups in total. The number of carbonyl (C=O) groups excluding carboxylic acids is 2. The molecule has 3 atom stereocenters. The summed E-state index contributed by atoms with van der Waals surface area (Å²) in [5.41, 5.74) is 9.78. The minimum Gasteiger partial charge on any atom is -0.436 e. The van der Waals surface area contributed by atoms with Crippen LogP contribution in [0.1, 0.15) is 28.5 Å². The largest absolute Gasteiger partial charge is 0.436 e. The molecule has 4 aromatic rings. The minimum atomic E-state index is -1.07. The number of hydrazine groups is 1. The first-order valence-corrected chi connectivity index (χ1v) is 14.0. The van der Waals surface area contributed by atoms with Gasteiger partial charge in [-0.1, -0.05) is 30.3 Å². The van der Waals surface area contributed by atoms with Crippen LogP contribution in [0.15, 0.2) is 76.4 Å². The fourth-order valence-corrected chi connectivity index (χ4v) is 5.27. The van der Waals surface area contributed by atoms with Gasteiger partial charge in [0.1, 0.15) is 23.2 Å². The summed E-state index contributed by atoms with van der Waals surface area (Å²) in [7, 11) is 1.61. The number of halogens is 1. The summed E-state index contributed by atoms with van der Waals surface area (Å²) in [4.78, 5) is 38.4. The quantitative estimate of drug-likeness (QED) is 0.122. The van der Waals surface area contributed by atoms with Crippen molar-refractivity contribution in [3.8, 4) is 11.5 Å². The maximum atomic E-state index is 13.5. The van der Waals surface area contributed by atoms with Gasteiger partial charge in [-0.05, 0) is 42.3 Å². The number of amidine groups is 1. The van der Waals surface area contributed by atoms with Crippen LogP contribution in [0.4, 0.5) is 10.1 Å². The first-order valence-electron chi connectivity index (χ1n) is 14.0. The van der Waals surface area contributed by atoms with Crippen LogP contribution in [0.25, 0.3) is 22.6 Å². The molecular weight excluding hydrogens is 553 g/mol. The third-order valence-electron chi connectivity index (χ3n) is 7.57. The molecule has 1 saturated carbocycles. The standard InChI is InChI=1S/C30H32FN9O3/c1-38(33)37-27(32)26(18-5-3-2-4-6-18)39-11-13-40(14-12-39)30(42)24-15-19(9-10-34-24)29-36-23-16-20(7-8-25(23)43-29)35-28(41)21-17-22(21)31/h2-10,15-16,21-22,26H,11-14,17,33H2,1H3,(H2,32,37)(H,35,41). The number of fused-ring (bicyclic) bond motifs is 1. The lowest BCUT2D eigenvalue weighted by molar-refractivity contribution is -0.117. The molecule has 3 heterocycles. The van der Waals surface area contributed by atoms with Gasteiger partial charge in [0.15, 0.2) is 5.58 Å². The van der Waals surface area contributed by atoms with E-state index in [9.17, 15) is 14.0 Å². The predicted octanol–water partition coefficient (Wildman–Crippen LogP) is 2.76.